The highest BCUT2D eigenvalue weighted by Gasteiger charge is 2.15. The van der Waals surface area contributed by atoms with Gasteiger partial charge in [-0.25, -0.2) is 5.43 Å². The van der Waals surface area contributed by atoms with Crippen LogP contribution in [0.5, 0.6) is 23.0 Å². The second kappa shape index (κ2) is 6.11. The summed E-state index contributed by atoms with van der Waals surface area (Å²) in [6.07, 6.45) is 1.54. The Bertz CT molecular complexity index is 819. The lowest BCUT2D eigenvalue weighted by atomic mass is 10.2. The van der Waals surface area contributed by atoms with Gasteiger partial charge in [0.1, 0.15) is 13.2 Å². The zero-order chi connectivity index (χ0) is 16.4. The summed E-state index contributed by atoms with van der Waals surface area (Å²) < 4.78 is 21.4. The van der Waals surface area contributed by atoms with Crippen molar-refractivity contribution in [1.29, 1.82) is 0 Å². The molecule has 0 aromatic heterocycles. The molecule has 122 valence electrons. The first kappa shape index (κ1) is 14.4. The molecule has 0 radical (unpaired) electrons. The van der Waals surface area contributed by atoms with Crippen molar-refractivity contribution in [2.45, 2.75) is 0 Å². The zero-order valence-corrected chi connectivity index (χ0v) is 12.7. The fourth-order valence-electron chi connectivity index (χ4n) is 2.41. The van der Waals surface area contributed by atoms with Crippen LogP contribution in [0, 0.1) is 0 Å². The Kier molecular flexibility index (Phi) is 3.66. The number of amides is 1. The number of rotatable bonds is 3. The maximum Gasteiger partial charge on any atom is 0.271 e. The number of hydrazone groups is 1. The van der Waals surface area contributed by atoms with Gasteiger partial charge in [0.05, 0.1) is 6.21 Å². The molecule has 4 rings (SSSR count). The van der Waals surface area contributed by atoms with Crippen LogP contribution in [0.2, 0.25) is 0 Å². The molecule has 24 heavy (non-hydrogen) atoms. The van der Waals surface area contributed by atoms with E-state index in [9.17, 15) is 4.79 Å². The van der Waals surface area contributed by atoms with Gasteiger partial charge in [0.2, 0.25) is 6.79 Å². The summed E-state index contributed by atoms with van der Waals surface area (Å²) in [6.45, 7) is 1.20. The number of carbonyl (C=O) groups is 1. The molecular weight excluding hydrogens is 312 g/mol. The highest BCUT2D eigenvalue weighted by atomic mass is 16.7. The quantitative estimate of drug-likeness (QED) is 0.689. The number of benzene rings is 2. The molecule has 0 saturated heterocycles. The molecule has 2 aliphatic heterocycles. The normalized spacial score (nSPS) is 14.7. The van der Waals surface area contributed by atoms with E-state index in [2.05, 4.69) is 10.5 Å². The highest BCUT2D eigenvalue weighted by molar-refractivity contribution is 5.95. The predicted octanol–water partition coefficient (Wildman–Crippen LogP) is 1.95. The van der Waals surface area contributed by atoms with E-state index in [1.807, 2.05) is 6.07 Å². The molecule has 2 aromatic rings. The van der Waals surface area contributed by atoms with Gasteiger partial charge in [-0.2, -0.15) is 5.10 Å². The minimum absolute atomic E-state index is 0.219. The minimum Gasteiger partial charge on any atom is -0.486 e. The SMILES string of the molecule is O=C(N/N=C\c1ccc2c(c1)OCO2)c1ccc2c(c1)OCCO2. The van der Waals surface area contributed by atoms with Crippen molar-refractivity contribution in [1.82, 2.24) is 5.43 Å². The second-order valence-electron chi connectivity index (χ2n) is 5.17. The van der Waals surface area contributed by atoms with Crippen LogP contribution in [0.15, 0.2) is 41.5 Å². The third kappa shape index (κ3) is 2.83. The molecule has 1 N–H and O–H groups in total. The van der Waals surface area contributed by atoms with E-state index in [1.54, 1.807) is 30.3 Å². The highest BCUT2D eigenvalue weighted by Crippen LogP contribution is 2.32. The van der Waals surface area contributed by atoms with Gasteiger partial charge in [-0.05, 0) is 42.0 Å². The second-order valence-corrected chi connectivity index (χ2v) is 5.17. The molecule has 0 bridgehead atoms. The van der Waals surface area contributed by atoms with Crippen LogP contribution in [-0.2, 0) is 0 Å². The summed E-state index contributed by atoms with van der Waals surface area (Å²) in [5.41, 5.74) is 3.72. The number of carbonyl (C=O) groups excluding carboxylic acids is 1. The lowest BCUT2D eigenvalue weighted by Crippen LogP contribution is -2.19. The Morgan fingerprint density at radius 2 is 1.62 bits per heavy atom. The van der Waals surface area contributed by atoms with Gasteiger partial charge in [-0.1, -0.05) is 0 Å². The standard InChI is InChI=1S/C17H14N2O5/c20-17(12-2-4-13-16(8-12)22-6-5-21-13)19-18-9-11-1-3-14-15(7-11)24-10-23-14/h1-4,7-9H,5-6,10H2,(H,19,20)/b18-9-. The van der Waals surface area contributed by atoms with Crippen LogP contribution in [0.1, 0.15) is 15.9 Å². The van der Waals surface area contributed by atoms with E-state index in [0.717, 1.165) is 5.56 Å². The van der Waals surface area contributed by atoms with Crippen molar-refractivity contribution in [2.75, 3.05) is 20.0 Å². The first-order valence-corrected chi connectivity index (χ1v) is 7.42. The molecule has 7 nitrogen and oxygen atoms in total. The summed E-state index contributed by atoms with van der Waals surface area (Å²) in [5.74, 6) is 2.24. The topological polar surface area (TPSA) is 78.4 Å². The van der Waals surface area contributed by atoms with Crippen LogP contribution in [0.4, 0.5) is 0 Å². The van der Waals surface area contributed by atoms with Gasteiger partial charge in [0.15, 0.2) is 23.0 Å². The molecule has 2 heterocycles. The van der Waals surface area contributed by atoms with Crippen molar-refractivity contribution in [2.24, 2.45) is 5.10 Å². The Morgan fingerprint density at radius 3 is 2.54 bits per heavy atom. The van der Waals surface area contributed by atoms with E-state index in [1.165, 1.54) is 6.21 Å². The lowest BCUT2D eigenvalue weighted by molar-refractivity contribution is 0.0954. The van der Waals surface area contributed by atoms with Gasteiger partial charge in [0, 0.05) is 5.56 Å². The molecule has 2 aromatic carbocycles. The molecule has 1 amide bonds. The molecule has 0 spiro atoms. The van der Waals surface area contributed by atoms with Crippen LogP contribution < -0.4 is 24.4 Å². The molecule has 0 unspecified atom stereocenters. The Hall–Kier alpha value is -3.22. The van der Waals surface area contributed by atoms with Crippen LogP contribution in [-0.4, -0.2) is 32.1 Å². The minimum atomic E-state index is -0.330. The molecule has 0 saturated carbocycles. The number of ether oxygens (including phenoxy) is 4. The van der Waals surface area contributed by atoms with Crippen molar-refractivity contribution in [3.8, 4) is 23.0 Å². The molecular formula is C17H14N2O5. The number of hydrogen-bond donors (Lipinski definition) is 1. The monoisotopic (exact) mass is 326 g/mol. The van der Waals surface area contributed by atoms with Crippen molar-refractivity contribution in [3.05, 3.63) is 47.5 Å². The van der Waals surface area contributed by atoms with E-state index >= 15 is 0 Å². The van der Waals surface area contributed by atoms with E-state index in [4.69, 9.17) is 18.9 Å². The summed E-state index contributed by atoms with van der Waals surface area (Å²) in [4.78, 5) is 12.1. The fourth-order valence-corrected chi connectivity index (χ4v) is 2.41. The van der Waals surface area contributed by atoms with E-state index in [-0.39, 0.29) is 12.7 Å². The molecule has 0 fully saturated rings. The molecule has 0 atom stereocenters. The van der Waals surface area contributed by atoms with Gasteiger partial charge in [-0.3, -0.25) is 4.79 Å². The predicted molar refractivity (Wildman–Crippen MR) is 85.1 cm³/mol. The summed E-state index contributed by atoms with van der Waals surface area (Å²) in [7, 11) is 0. The smallest absolute Gasteiger partial charge is 0.271 e. The number of hydrogen-bond acceptors (Lipinski definition) is 6. The van der Waals surface area contributed by atoms with Gasteiger partial charge >= 0.3 is 0 Å². The summed E-state index contributed by atoms with van der Waals surface area (Å²) in [6, 6.07) is 10.4. The zero-order valence-electron chi connectivity index (χ0n) is 12.7. The third-order valence-corrected chi connectivity index (χ3v) is 3.58. The summed E-state index contributed by atoms with van der Waals surface area (Å²) >= 11 is 0. The van der Waals surface area contributed by atoms with Gasteiger partial charge in [-0.15, -0.1) is 0 Å². The Balaban J connectivity index is 1.43. The van der Waals surface area contributed by atoms with E-state index < -0.39 is 0 Å². The first-order valence-electron chi connectivity index (χ1n) is 7.42. The Morgan fingerprint density at radius 1 is 0.917 bits per heavy atom. The molecule has 0 aliphatic carbocycles. The van der Waals surface area contributed by atoms with Crippen LogP contribution in [0.25, 0.3) is 0 Å². The van der Waals surface area contributed by atoms with Gasteiger partial charge < -0.3 is 18.9 Å². The number of nitrogens with one attached hydrogen (secondary N) is 1. The molecule has 7 heteroatoms. The van der Waals surface area contributed by atoms with Crippen molar-refractivity contribution >= 4 is 12.1 Å². The largest absolute Gasteiger partial charge is 0.486 e. The molecule has 2 aliphatic rings. The van der Waals surface area contributed by atoms with Crippen LogP contribution in [0.3, 0.4) is 0 Å². The Labute approximate surface area is 137 Å². The average molecular weight is 326 g/mol. The van der Waals surface area contributed by atoms with E-state index in [0.29, 0.717) is 41.8 Å². The third-order valence-electron chi connectivity index (χ3n) is 3.58. The fraction of sp³-hybridized carbons (Fsp3) is 0.176. The van der Waals surface area contributed by atoms with Gasteiger partial charge in [0.25, 0.3) is 5.91 Å². The number of fused-ring (bicyclic) bond motifs is 2. The first-order chi connectivity index (χ1) is 11.8. The number of nitrogens with zero attached hydrogens (tertiary/aromatic N) is 1. The maximum atomic E-state index is 12.1. The van der Waals surface area contributed by atoms with Crippen molar-refractivity contribution < 1.29 is 23.7 Å². The van der Waals surface area contributed by atoms with Crippen LogP contribution >= 0.6 is 0 Å². The average Bonchev–Trinajstić information content (AvgIpc) is 3.09. The summed E-state index contributed by atoms with van der Waals surface area (Å²) in [5, 5.41) is 3.96. The lowest BCUT2D eigenvalue weighted by Gasteiger charge is -2.18. The maximum absolute atomic E-state index is 12.1. The van der Waals surface area contributed by atoms with Crippen molar-refractivity contribution in [3.63, 3.8) is 0 Å².